The predicted octanol–water partition coefficient (Wildman–Crippen LogP) is 3.18. The van der Waals surface area contributed by atoms with E-state index in [9.17, 15) is 14.4 Å². The summed E-state index contributed by atoms with van der Waals surface area (Å²) in [6.07, 6.45) is 0.815. The zero-order valence-electron chi connectivity index (χ0n) is 16.0. The first-order valence-electron chi connectivity index (χ1n) is 8.91. The first kappa shape index (κ1) is 18.9. The number of carbonyl (C=O) groups is 2. The van der Waals surface area contributed by atoms with Gasteiger partial charge in [-0.3, -0.25) is 14.2 Å². The Labute approximate surface area is 157 Å². The second kappa shape index (κ2) is 7.02. The lowest BCUT2D eigenvalue weighted by Gasteiger charge is -2.32. The van der Waals surface area contributed by atoms with Crippen molar-refractivity contribution in [1.82, 2.24) is 4.57 Å². The summed E-state index contributed by atoms with van der Waals surface area (Å²) in [6, 6.07) is 8.23. The number of pyridine rings is 1. The number of hydrogen-bond donors (Lipinski definition) is 0. The van der Waals surface area contributed by atoms with Crippen LogP contribution in [0.5, 0.6) is 5.75 Å². The second-order valence-corrected chi connectivity index (χ2v) is 7.41. The van der Waals surface area contributed by atoms with E-state index in [0.717, 1.165) is 0 Å². The van der Waals surface area contributed by atoms with Gasteiger partial charge in [-0.05, 0) is 43.0 Å². The average Bonchev–Trinajstić information content (AvgIpc) is 2.60. The highest BCUT2D eigenvalue weighted by Crippen LogP contribution is 2.36. The van der Waals surface area contributed by atoms with Crippen LogP contribution in [0.25, 0.3) is 5.69 Å². The van der Waals surface area contributed by atoms with Crippen molar-refractivity contribution in [2.24, 2.45) is 5.41 Å². The number of hydrogen-bond acceptors (Lipinski definition) is 5. The molecule has 6 nitrogen and oxygen atoms in total. The zero-order chi connectivity index (χ0) is 19.8. The molecule has 1 aromatic heterocycles. The van der Waals surface area contributed by atoms with Crippen molar-refractivity contribution < 1.29 is 19.1 Å². The first-order chi connectivity index (χ1) is 12.8. The van der Waals surface area contributed by atoms with Gasteiger partial charge in [-0.25, -0.2) is 4.79 Å². The predicted molar refractivity (Wildman–Crippen MR) is 101 cm³/mol. The lowest BCUT2D eigenvalue weighted by atomic mass is 9.74. The standard InChI is InChI=1S/C21H23NO5/c1-5-27-20(25)15-10-18(24)22(13-6-8-14(26-4)9-7-13)16-11-21(2,3)12-17(23)19(15)16/h6-10H,5,11-12H2,1-4H3. The maximum absolute atomic E-state index is 12.9. The second-order valence-electron chi connectivity index (χ2n) is 7.41. The molecule has 0 amide bonds. The van der Waals surface area contributed by atoms with Gasteiger partial charge in [-0.2, -0.15) is 0 Å². The highest BCUT2D eigenvalue weighted by atomic mass is 16.5. The van der Waals surface area contributed by atoms with Crippen molar-refractivity contribution in [3.8, 4) is 11.4 Å². The van der Waals surface area contributed by atoms with Crippen molar-refractivity contribution >= 4 is 11.8 Å². The van der Waals surface area contributed by atoms with Gasteiger partial charge in [0.25, 0.3) is 5.56 Å². The Balaban J connectivity index is 2.29. The van der Waals surface area contributed by atoms with Crippen molar-refractivity contribution in [3.05, 3.63) is 57.5 Å². The number of carbonyl (C=O) groups excluding carboxylic acids is 2. The van der Waals surface area contributed by atoms with Crippen molar-refractivity contribution in [1.29, 1.82) is 0 Å². The monoisotopic (exact) mass is 369 g/mol. The van der Waals surface area contributed by atoms with Crippen LogP contribution >= 0.6 is 0 Å². The van der Waals surface area contributed by atoms with Gasteiger partial charge in [-0.1, -0.05) is 13.8 Å². The Hall–Kier alpha value is -2.89. The summed E-state index contributed by atoms with van der Waals surface area (Å²) in [4.78, 5) is 38.2. The maximum Gasteiger partial charge on any atom is 0.339 e. The summed E-state index contributed by atoms with van der Waals surface area (Å²) in [5, 5.41) is 0. The van der Waals surface area contributed by atoms with E-state index in [0.29, 0.717) is 35.5 Å². The Morgan fingerprint density at radius 3 is 2.41 bits per heavy atom. The molecule has 3 rings (SSSR count). The fraction of sp³-hybridized carbons (Fsp3) is 0.381. The van der Waals surface area contributed by atoms with E-state index in [1.807, 2.05) is 13.8 Å². The number of aromatic nitrogens is 1. The quantitative estimate of drug-likeness (QED) is 0.774. The normalized spacial score (nSPS) is 15.2. The third kappa shape index (κ3) is 3.52. The molecule has 0 fully saturated rings. The van der Waals surface area contributed by atoms with E-state index < -0.39 is 5.97 Å². The van der Waals surface area contributed by atoms with Gasteiger partial charge in [-0.15, -0.1) is 0 Å². The van der Waals surface area contributed by atoms with Crippen LogP contribution in [0, 0.1) is 5.41 Å². The van der Waals surface area contributed by atoms with Crippen LogP contribution in [0.15, 0.2) is 35.1 Å². The SMILES string of the molecule is CCOC(=O)c1cc(=O)n(-c2ccc(OC)cc2)c2c1C(=O)CC(C)(C)C2. The molecular weight excluding hydrogens is 346 g/mol. The van der Waals surface area contributed by atoms with Crippen LogP contribution in [0.4, 0.5) is 0 Å². The van der Waals surface area contributed by atoms with Crippen LogP contribution in [-0.2, 0) is 11.2 Å². The lowest BCUT2D eigenvalue weighted by molar-refractivity contribution is 0.0520. The third-order valence-corrected chi connectivity index (χ3v) is 4.71. The zero-order valence-corrected chi connectivity index (χ0v) is 16.0. The molecule has 1 aliphatic rings. The molecule has 142 valence electrons. The molecule has 0 radical (unpaired) electrons. The molecule has 0 N–H and O–H groups in total. The molecule has 0 bridgehead atoms. The molecule has 0 aliphatic heterocycles. The highest BCUT2D eigenvalue weighted by Gasteiger charge is 2.37. The van der Waals surface area contributed by atoms with E-state index in [4.69, 9.17) is 9.47 Å². The van der Waals surface area contributed by atoms with Gasteiger partial charge < -0.3 is 9.47 Å². The molecule has 0 spiro atoms. The number of ketones is 1. The minimum absolute atomic E-state index is 0.0575. The maximum atomic E-state index is 12.9. The van der Waals surface area contributed by atoms with Crippen LogP contribution in [0.1, 0.15) is 53.6 Å². The number of benzene rings is 1. The lowest BCUT2D eigenvalue weighted by Crippen LogP contribution is -2.36. The van der Waals surface area contributed by atoms with Crippen LogP contribution in [0.3, 0.4) is 0 Å². The van der Waals surface area contributed by atoms with Gasteiger partial charge in [0.15, 0.2) is 5.78 Å². The van der Waals surface area contributed by atoms with Crippen molar-refractivity contribution in [2.45, 2.75) is 33.6 Å². The first-order valence-corrected chi connectivity index (χ1v) is 8.91. The van der Waals surface area contributed by atoms with Crippen molar-refractivity contribution in [3.63, 3.8) is 0 Å². The van der Waals surface area contributed by atoms with E-state index in [2.05, 4.69) is 0 Å². The molecule has 0 saturated carbocycles. The summed E-state index contributed by atoms with van der Waals surface area (Å²) in [5.41, 5.74) is 0.852. The number of fused-ring (bicyclic) bond motifs is 1. The van der Waals surface area contributed by atoms with Crippen LogP contribution in [0.2, 0.25) is 0 Å². The van der Waals surface area contributed by atoms with Gasteiger partial charge in [0.05, 0.1) is 24.8 Å². The molecule has 2 aromatic rings. The minimum Gasteiger partial charge on any atom is -0.497 e. The Bertz CT molecular complexity index is 954. The van der Waals surface area contributed by atoms with E-state index >= 15 is 0 Å². The average molecular weight is 369 g/mol. The van der Waals surface area contributed by atoms with E-state index in [1.165, 1.54) is 10.6 Å². The molecule has 0 saturated heterocycles. The Kier molecular flexibility index (Phi) is 4.91. The molecule has 0 atom stereocenters. The number of ether oxygens (including phenoxy) is 2. The fourth-order valence-corrected chi connectivity index (χ4v) is 3.56. The number of esters is 1. The van der Waals surface area contributed by atoms with Gasteiger partial charge in [0.2, 0.25) is 0 Å². The summed E-state index contributed by atoms with van der Waals surface area (Å²) in [5.74, 6) is -0.118. The van der Waals surface area contributed by atoms with Crippen LogP contribution < -0.4 is 10.3 Å². The number of nitrogens with zero attached hydrogens (tertiary/aromatic N) is 1. The number of rotatable bonds is 4. The largest absolute Gasteiger partial charge is 0.497 e. The summed E-state index contributed by atoms with van der Waals surface area (Å²) >= 11 is 0. The Morgan fingerprint density at radius 1 is 1.15 bits per heavy atom. The van der Waals surface area contributed by atoms with Crippen molar-refractivity contribution in [2.75, 3.05) is 13.7 Å². The van der Waals surface area contributed by atoms with Gasteiger partial charge in [0.1, 0.15) is 5.75 Å². The summed E-state index contributed by atoms with van der Waals surface area (Å²) in [6.45, 7) is 5.82. The highest BCUT2D eigenvalue weighted by molar-refractivity contribution is 6.08. The number of methoxy groups -OCH3 is 1. The number of Topliss-reactive ketones (excluding diaryl/α,β-unsaturated/α-hetero) is 1. The van der Waals surface area contributed by atoms with E-state index in [1.54, 1.807) is 38.3 Å². The molecule has 1 heterocycles. The molecular formula is C21H23NO5. The van der Waals surface area contributed by atoms with Crippen LogP contribution in [-0.4, -0.2) is 30.0 Å². The summed E-state index contributed by atoms with van der Waals surface area (Å²) in [7, 11) is 1.57. The van der Waals surface area contributed by atoms with E-state index in [-0.39, 0.29) is 28.9 Å². The van der Waals surface area contributed by atoms with Gasteiger partial charge in [0, 0.05) is 23.9 Å². The summed E-state index contributed by atoms with van der Waals surface area (Å²) < 4.78 is 11.8. The fourth-order valence-electron chi connectivity index (χ4n) is 3.56. The smallest absolute Gasteiger partial charge is 0.339 e. The topological polar surface area (TPSA) is 74.6 Å². The molecule has 0 unspecified atom stereocenters. The third-order valence-electron chi connectivity index (χ3n) is 4.71. The molecule has 1 aliphatic carbocycles. The molecule has 6 heteroatoms. The van der Waals surface area contributed by atoms with Gasteiger partial charge >= 0.3 is 5.97 Å². The molecule has 1 aromatic carbocycles. The minimum atomic E-state index is -0.638. The Morgan fingerprint density at radius 2 is 1.81 bits per heavy atom. The molecule has 27 heavy (non-hydrogen) atoms.